The second kappa shape index (κ2) is 9.99. The van der Waals surface area contributed by atoms with E-state index in [0.29, 0.717) is 17.9 Å². The molecule has 0 atom stereocenters. The van der Waals surface area contributed by atoms with Gasteiger partial charge >= 0.3 is 0 Å². The summed E-state index contributed by atoms with van der Waals surface area (Å²) in [5, 5.41) is 4.38. The molecule has 4 aromatic rings. The Bertz CT molecular complexity index is 1370. The van der Waals surface area contributed by atoms with Crippen molar-refractivity contribution >= 4 is 43.9 Å². The molecule has 0 spiro atoms. The molecule has 1 saturated heterocycles. The zero-order valence-corrected chi connectivity index (χ0v) is 20.2. The standard InChI is InChI=1S/C27H29N3O3S/c1-20(31)30-25-19-22(9-7-21(25)8-10-27(30)32)33-17-3-2-12-28-13-15-29(16-14-28)24-5-4-6-26-23(24)11-18-34-26/h4-11,18-19H,2-3,12-17H2,1H3. The first-order valence-electron chi connectivity index (χ1n) is 11.8. The van der Waals surface area contributed by atoms with Gasteiger partial charge in [-0.25, -0.2) is 4.57 Å². The molecular weight excluding hydrogens is 446 g/mol. The van der Waals surface area contributed by atoms with Crippen LogP contribution in [0.5, 0.6) is 5.75 Å². The van der Waals surface area contributed by atoms with Crippen LogP contribution in [0, 0.1) is 0 Å². The Morgan fingerprint density at radius 2 is 1.82 bits per heavy atom. The van der Waals surface area contributed by atoms with E-state index in [-0.39, 0.29) is 11.5 Å². The molecule has 1 fully saturated rings. The van der Waals surface area contributed by atoms with Crippen molar-refractivity contribution in [1.82, 2.24) is 9.47 Å². The van der Waals surface area contributed by atoms with Gasteiger partial charge in [-0.1, -0.05) is 6.07 Å². The number of thiophene rings is 1. The average Bonchev–Trinajstić information content (AvgIpc) is 3.33. The molecule has 0 unspecified atom stereocenters. The van der Waals surface area contributed by atoms with Crippen LogP contribution >= 0.6 is 11.3 Å². The number of benzene rings is 2. The highest BCUT2D eigenvalue weighted by molar-refractivity contribution is 7.17. The predicted octanol–water partition coefficient (Wildman–Crippen LogP) is 4.86. The van der Waals surface area contributed by atoms with E-state index in [2.05, 4.69) is 39.4 Å². The maximum Gasteiger partial charge on any atom is 0.257 e. The number of aromatic nitrogens is 1. The molecule has 2 aromatic carbocycles. The number of rotatable bonds is 7. The third-order valence-corrected chi connectivity index (χ3v) is 7.39. The smallest absolute Gasteiger partial charge is 0.257 e. The van der Waals surface area contributed by atoms with Crippen LogP contribution in [0.15, 0.2) is 64.8 Å². The summed E-state index contributed by atoms with van der Waals surface area (Å²) >= 11 is 1.80. The van der Waals surface area contributed by atoms with Gasteiger partial charge in [0, 0.05) is 61.0 Å². The van der Waals surface area contributed by atoms with Gasteiger partial charge in [0.2, 0.25) is 5.91 Å². The Hall–Kier alpha value is -3.16. The summed E-state index contributed by atoms with van der Waals surface area (Å²) in [6.45, 7) is 7.35. The summed E-state index contributed by atoms with van der Waals surface area (Å²) in [6.07, 6.45) is 2.03. The Labute approximate surface area is 203 Å². The number of hydrogen-bond donors (Lipinski definition) is 0. The van der Waals surface area contributed by atoms with Gasteiger partial charge in [0.15, 0.2) is 0 Å². The lowest BCUT2D eigenvalue weighted by atomic mass is 10.2. The van der Waals surface area contributed by atoms with Gasteiger partial charge in [0.1, 0.15) is 5.75 Å². The second-order valence-corrected chi connectivity index (χ2v) is 9.69. The highest BCUT2D eigenvalue weighted by Crippen LogP contribution is 2.31. The number of fused-ring (bicyclic) bond motifs is 2. The Kier molecular flexibility index (Phi) is 6.65. The first-order valence-corrected chi connectivity index (χ1v) is 12.7. The number of unbranched alkanes of at least 4 members (excludes halogenated alkanes) is 1. The van der Waals surface area contributed by atoms with E-state index >= 15 is 0 Å². The predicted molar refractivity (Wildman–Crippen MR) is 140 cm³/mol. The molecule has 1 aliphatic heterocycles. The summed E-state index contributed by atoms with van der Waals surface area (Å²) in [5.41, 5.74) is 1.63. The molecule has 0 bridgehead atoms. The van der Waals surface area contributed by atoms with Crippen LogP contribution in [0.1, 0.15) is 24.6 Å². The second-order valence-electron chi connectivity index (χ2n) is 8.74. The van der Waals surface area contributed by atoms with Crippen molar-refractivity contribution in [2.45, 2.75) is 19.8 Å². The minimum absolute atomic E-state index is 0.292. The quantitative estimate of drug-likeness (QED) is 0.358. The lowest BCUT2D eigenvalue weighted by Gasteiger charge is -2.36. The van der Waals surface area contributed by atoms with E-state index in [9.17, 15) is 9.59 Å². The van der Waals surface area contributed by atoms with Crippen LogP contribution in [0.4, 0.5) is 5.69 Å². The minimum Gasteiger partial charge on any atom is -0.494 e. The Morgan fingerprint density at radius 1 is 1.00 bits per heavy atom. The molecule has 2 aromatic heterocycles. The molecule has 0 amide bonds. The van der Waals surface area contributed by atoms with Crippen LogP contribution in [0.3, 0.4) is 0 Å². The Balaban J connectivity index is 1.09. The van der Waals surface area contributed by atoms with Crippen LogP contribution in [-0.4, -0.2) is 54.7 Å². The maximum absolute atomic E-state index is 12.1. The molecule has 0 aliphatic carbocycles. The first-order chi connectivity index (χ1) is 16.6. The fourth-order valence-corrected chi connectivity index (χ4v) is 5.53. The highest BCUT2D eigenvalue weighted by Gasteiger charge is 2.18. The van der Waals surface area contributed by atoms with Crippen molar-refractivity contribution in [2.24, 2.45) is 0 Å². The van der Waals surface area contributed by atoms with Crippen LogP contribution in [0.2, 0.25) is 0 Å². The third kappa shape index (κ3) is 4.72. The topological polar surface area (TPSA) is 54.8 Å². The Morgan fingerprint density at radius 3 is 2.65 bits per heavy atom. The van der Waals surface area contributed by atoms with Crippen molar-refractivity contribution in [2.75, 3.05) is 44.2 Å². The number of anilines is 1. The van der Waals surface area contributed by atoms with Gasteiger partial charge in [-0.2, -0.15) is 0 Å². The van der Waals surface area contributed by atoms with Gasteiger partial charge in [0.05, 0.1) is 12.1 Å². The van der Waals surface area contributed by atoms with Crippen LogP contribution in [-0.2, 0) is 0 Å². The molecule has 176 valence electrons. The number of nitrogens with zero attached hydrogens (tertiary/aromatic N) is 3. The number of hydrogen-bond acceptors (Lipinski definition) is 6. The summed E-state index contributed by atoms with van der Waals surface area (Å²) in [7, 11) is 0. The normalized spacial score (nSPS) is 14.7. The van der Waals surface area contributed by atoms with Crippen LogP contribution in [0.25, 0.3) is 21.0 Å². The fourth-order valence-electron chi connectivity index (χ4n) is 4.72. The van der Waals surface area contributed by atoms with E-state index in [1.165, 1.54) is 33.3 Å². The largest absolute Gasteiger partial charge is 0.494 e. The molecular formula is C27H29N3O3S. The van der Waals surface area contributed by atoms with E-state index in [1.54, 1.807) is 23.5 Å². The van der Waals surface area contributed by atoms with Crippen molar-refractivity contribution in [3.8, 4) is 5.75 Å². The van der Waals surface area contributed by atoms with E-state index in [4.69, 9.17) is 4.74 Å². The maximum atomic E-state index is 12.1. The SMILES string of the molecule is CC(=O)n1c(=O)ccc2ccc(OCCCCN3CCN(c4cccc5sccc45)CC3)cc21. The number of pyridine rings is 1. The molecule has 0 radical (unpaired) electrons. The van der Waals surface area contributed by atoms with E-state index < -0.39 is 0 Å². The molecule has 0 saturated carbocycles. The fraction of sp³-hybridized carbons (Fsp3) is 0.333. The lowest BCUT2D eigenvalue weighted by molar-refractivity contribution is 0.0937. The van der Waals surface area contributed by atoms with Gasteiger partial charge < -0.3 is 9.64 Å². The number of carbonyl (C=O) groups is 1. The van der Waals surface area contributed by atoms with Gasteiger partial charge in [-0.3, -0.25) is 14.5 Å². The minimum atomic E-state index is -0.316. The van der Waals surface area contributed by atoms with Crippen molar-refractivity contribution in [3.63, 3.8) is 0 Å². The number of piperazine rings is 1. The van der Waals surface area contributed by atoms with Gasteiger partial charge in [-0.05, 0) is 66.6 Å². The molecule has 0 N–H and O–H groups in total. The van der Waals surface area contributed by atoms with Crippen molar-refractivity contribution < 1.29 is 9.53 Å². The summed E-state index contributed by atoms with van der Waals surface area (Å²) < 4.78 is 8.49. The van der Waals surface area contributed by atoms with Crippen LogP contribution < -0.4 is 15.2 Å². The van der Waals surface area contributed by atoms with Crippen molar-refractivity contribution in [3.05, 3.63) is 70.3 Å². The molecule has 7 heteroatoms. The zero-order valence-electron chi connectivity index (χ0n) is 19.4. The van der Waals surface area contributed by atoms with E-state index in [1.807, 2.05) is 12.1 Å². The average molecular weight is 476 g/mol. The summed E-state index contributed by atoms with van der Waals surface area (Å²) in [6, 6.07) is 17.6. The number of carbonyl (C=O) groups excluding carboxylic acids is 1. The summed E-state index contributed by atoms with van der Waals surface area (Å²) in [5.74, 6) is 0.393. The monoisotopic (exact) mass is 475 g/mol. The molecule has 5 rings (SSSR count). The first kappa shape index (κ1) is 22.6. The molecule has 6 nitrogen and oxygen atoms in total. The van der Waals surface area contributed by atoms with Crippen molar-refractivity contribution in [1.29, 1.82) is 0 Å². The third-order valence-electron chi connectivity index (χ3n) is 6.51. The summed E-state index contributed by atoms with van der Waals surface area (Å²) in [4.78, 5) is 29.0. The molecule has 34 heavy (non-hydrogen) atoms. The highest BCUT2D eigenvalue weighted by atomic mass is 32.1. The van der Waals surface area contributed by atoms with Gasteiger partial charge in [-0.15, -0.1) is 11.3 Å². The van der Waals surface area contributed by atoms with Gasteiger partial charge in [0.25, 0.3) is 5.56 Å². The number of ether oxygens (including phenoxy) is 1. The zero-order chi connectivity index (χ0) is 23.5. The molecule has 3 heterocycles. The lowest BCUT2D eigenvalue weighted by Crippen LogP contribution is -2.46. The molecule has 1 aliphatic rings. The van der Waals surface area contributed by atoms with E-state index in [0.717, 1.165) is 51.0 Å².